The topological polar surface area (TPSA) is 50.7 Å². The van der Waals surface area contributed by atoms with Crippen LogP contribution in [-0.4, -0.2) is 14.8 Å². The van der Waals surface area contributed by atoms with Crippen molar-refractivity contribution >= 4 is 11.0 Å². The third-order valence-electron chi connectivity index (χ3n) is 2.05. The van der Waals surface area contributed by atoms with E-state index in [-0.39, 0.29) is 11.0 Å². The van der Waals surface area contributed by atoms with Crippen LogP contribution < -0.4 is 5.56 Å². The highest BCUT2D eigenvalue weighted by Gasteiger charge is 2.34. The van der Waals surface area contributed by atoms with Gasteiger partial charge in [-0.3, -0.25) is 9.48 Å². The maximum atomic E-state index is 12.5. The van der Waals surface area contributed by atoms with Gasteiger partial charge in [0.25, 0.3) is 0 Å². The van der Waals surface area contributed by atoms with Gasteiger partial charge in [-0.1, -0.05) is 0 Å². The zero-order chi connectivity index (χ0) is 11.2. The van der Waals surface area contributed by atoms with Gasteiger partial charge in [-0.15, -0.1) is 0 Å². The highest BCUT2D eigenvalue weighted by atomic mass is 19.4. The fraction of sp³-hybridized carbons (Fsp3) is 0.250. The van der Waals surface area contributed by atoms with E-state index in [9.17, 15) is 18.0 Å². The first-order chi connectivity index (χ1) is 6.89. The Kier molecular flexibility index (Phi) is 1.85. The molecule has 0 aliphatic heterocycles. The van der Waals surface area contributed by atoms with Crippen molar-refractivity contribution in [2.24, 2.45) is 7.05 Å². The van der Waals surface area contributed by atoms with Crippen LogP contribution in [-0.2, 0) is 13.2 Å². The van der Waals surface area contributed by atoms with E-state index in [1.165, 1.54) is 11.7 Å². The molecule has 4 nitrogen and oxygen atoms in total. The molecule has 2 rings (SSSR count). The zero-order valence-electron chi connectivity index (χ0n) is 7.59. The second kappa shape index (κ2) is 2.85. The number of H-pyrrole nitrogens is 1. The first-order valence-electron chi connectivity index (χ1n) is 4.02. The Balaban J connectivity index is 2.90. The predicted octanol–water partition coefficient (Wildman–Crippen LogP) is 1.28. The minimum atomic E-state index is -4.55. The van der Waals surface area contributed by atoms with Crippen LogP contribution in [0.4, 0.5) is 13.2 Å². The van der Waals surface area contributed by atoms with Crippen LogP contribution in [0.5, 0.6) is 0 Å². The normalized spacial score (nSPS) is 12.3. The molecule has 80 valence electrons. The first-order valence-corrected chi connectivity index (χ1v) is 4.02. The predicted molar refractivity (Wildman–Crippen MR) is 46.3 cm³/mol. The molecule has 0 saturated carbocycles. The van der Waals surface area contributed by atoms with Gasteiger partial charge in [-0.25, -0.2) is 0 Å². The van der Waals surface area contributed by atoms with Crippen molar-refractivity contribution in [3.8, 4) is 0 Å². The largest absolute Gasteiger partial charge is 0.417 e. The number of aryl methyl sites for hydroxylation is 1. The minimum absolute atomic E-state index is 0.0647. The number of aromatic nitrogens is 3. The molecule has 0 amide bonds. The van der Waals surface area contributed by atoms with Crippen molar-refractivity contribution in [2.75, 3.05) is 0 Å². The number of pyridine rings is 1. The third kappa shape index (κ3) is 1.49. The van der Waals surface area contributed by atoms with Gasteiger partial charge in [0.2, 0.25) is 5.56 Å². The molecule has 2 aromatic heterocycles. The van der Waals surface area contributed by atoms with Crippen LogP contribution in [0.1, 0.15) is 5.56 Å². The van der Waals surface area contributed by atoms with Gasteiger partial charge in [0.15, 0.2) is 0 Å². The number of hydrogen-bond acceptors (Lipinski definition) is 2. The lowest BCUT2D eigenvalue weighted by Crippen LogP contribution is -2.14. The Bertz CT molecular complexity index is 566. The van der Waals surface area contributed by atoms with Crippen LogP contribution in [0.3, 0.4) is 0 Å². The van der Waals surface area contributed by atoms with Crippen LogP contribution >= 0.6 is 0 Å². The van der Waals surface area contributed by atoms with E-state index in [1.807, 2.05) is 0 Å². The lowest BCUT2D eigenvalue weighted by molar-refractivity contribution is -0.136. The molecule has 0 radical (unpaired) electrons. The summed E-state index contributed by atoms with van der Waals surface area (Å²) in [5, 5.41) is 3.55. The van der Waals surface area contributed by atoms with Gasteiger partial charge in [-0.05, 0) is 0 Å². The van der Waals surface area contributed by atoms with E-state index >= 15 is 0 Å². The van der Waals surface area contributed by atoms with Crippen molar-refractivity contribution in [1.82, 2.24) is 14.8 Å². The maximum absolute atomic E-state index is 12.5. The number of fused-ring (bicyclic) bond motifs is 1. The average molecular weight is 217 g/mol. The van der Waals surface area contributed by atoms with Gasteiger partial charge >= 0.3 is 6.18 Å². The minimum Gasteiger partial charge on any atom is -0.307 e. The molecule has 1 N–H and O–H groups in total. The van der Waals surface area contributed by atoms with Crippen LogP contribution in [0.25, 0.3) is 11.0 Å². The second-order valence-electron chi connectivity index (χ2n) is 3.08. The van der Waals surface area contributed by atoms with Crippen molar-refractivity contribution in [3.05, 3.63) is 28.2 Å². The zero-order valence-corrected chi connectivity index (χ0v) is 7.59. The van der Waals surface area contributed by atoms with E-state index in [1.54, 1.807) is 0 Å². The van der Waals surface area contributed by atoms with Crippen molar-refractivity contribution in [2.45, 2.75) is 6.18 Å². The highest BCUT2D eigenvalue weighted by Crippen LogP contribution is 2.32. The SMILES string of the molecule is Cn1ncc2c(C(F)(F)F)cc(=O)[nH]c21. The Morgan fingerprint density at radius 2 is 2.13 bits per heavy atom. The molecule has 15 heavy (non-hydrogen) atoms. The molecule has 0 spiro atoms. The number of rotatable bonds is 0. The summed E-state index contributed by atoms with van der Waals surface area (Å²) in [4.78, 5) is 13.3. The van der Waals surface area contributed by atoms with Crippen LogP contribution in [0.15, 0.2) is 17.1 Å². The molecule has 7 heteroatoms. The second-order valence-corrected chi connectivity index (χ2v) is 3.08. The van der Waals surface area contributed by atoms with E-state index in [0.29, 0.717) is 6.07 Å². The molecule has 0 aliphatic rings. The molecule has 2 heterocycles. The highest BCUT2D eigenvalue weighted by molar-refractivity contribution is 5.78. The van der Waals surface area contributed by atoms with Crippen molar-refractivity contribution in [3.63, 3.8) is 0 Å². The van der Waals surface area contributed by atoms with Gasteiger partial charge in [-0.2, -0.15) is 18.3 Å². The number of alkyl halides is 3. The number of hydrogen-bond donors (Lipinski definition) is 1. The molecular weight excluding hydrogens is 211 g/mol. The van der Waals surface area contributed by atoms with Crippen LogP contribution in [0.2, 0.25) is 0 Å². The van der Waals surface area contributed by atoms with Gasteiger partial charge < -0.3 is 4.98 Å². The fourth-order valence-corrected chi connectivity index (χ4v) is 1.38. The Morgan fingerprint density at radius 3 is 2.73 bits per heavy atom. The lowest BCUT2D eigenvalue weighted by Gasteiger charge is -2.06. The number of nitrogens with zero attached hydrogens (tertiary/aromatic N) is 2. The molecule has 0 atom stereocenters. The molecule has 0 fully saturated rings. The third-order valence-corrected chi connectivity index (χ3v) is 2.05. The molecule has 0 aliphatic carbocycles. The van der Waals surface area contributed by atoms with Crippen molar-refractivity contribution < 1.29 is 13.2 Å². The van der Waals surface area contributed by atoms with E-state index in [0.717, 1.165) is 6.20 Å². The summed E-state index contributed by atoms with van der Waals surface area (Å²) in [6.45, 7) is 0. The average Bonchev–Trinajstić information content (AvgIpc) is 2.45. The Morgan fingerprint density at radius 1 is 1.47 bits per heavy atom. The monoisotopic (exact) mass is 217 g/mol. The summed E-state index contributed by atoms with van der Waals surface area (Å²) < 4.78 is 38.7. The van der Waals surface area contributed by atoms with Crippen LogP contribution in [0, 0.1) is 0 Å². The molecule has 0 bridgehead atoms. The number of nitrogens with one attached hydrogen (secondary N) is 1. The Labute approximate surface area is 81.3 Å². The summed E-state index contributed by atoms with van der Waals surface area (Å²) in [5.41, 5.74) is -1.69. The van der Waals surface area contributed by atoms with Gasteiger partial charge in [0.1, 0.15) is 5.65 Å². The molecule has 0 unspecified atom stereocenters. The quantitative estimate of drug-likeness (QED) is 0.722. The Hall–Kier alpha value is -1.79. The van der Waals surface area contributed by atoms with Crippen molar-refractivity contribution in [1.29, 1.82) is 0 Å². The molecule has 0 saturated heterocycles. The first kappa shape index (κ1) is 9.75. The lowest BCUT2D eigenvalue weighted by atomic mass is 10.2. The van der Waals surface area contributed by atoms with E-state index < -0.39 is 17.3 Å². The molecular formula is C8H6F3N3O. The summed E-state index contributed by atoms with van der Waals surface area (Å²) in [6, 6.07) is 0.532. The fourth-order valence-electron chi connectivity index (χ4n) is 1.38. The number of aromatic amines is 1. The molecule has 0 aromatic carbocycles. The van der Waals surface area contributed by atoms with Gasteiger partial charge in [0, 0.05) is 18.5 Å². The van der Waals surface area contributed by atoms with E-state index in [2.05, 4.69) is 10.1 Å². The maximum Gasteiger partial charge on any atom is 0.417 e. The van der Waals surface area contributed by atoms with Gasteiger partial charge in [0.05, 0.1) is 11.8 Å². The smallest absolute Gasteiger partial charge is 0.307 e. The summed E-state index contributed by atoms with van der Waals surface area (Å²) in [5.74, 6) is 0. The standard InChI is InChI=1S/C8H6F3N3O/c1-14-7-4(3-12-14)5(8(9,10)11)2-6(15)13-7/h2-3H,1H3,(H,13,15). The molecule has 2 aromatic rings. The summed E-state index contributed by atoms with van der Waals surface area (Å²) in [6.07, 6.45) is -3.47. The summed E-state index contributed by atoms with van der Waals surface area (Å²) >= 11 is 0. The summed E-state index contributed by atoms with van der Waals surface area (Å²) in [7, 11) is 1.46. The number of halogens is 3. The van der Waals surface area contributed by atoms with E-state index in [4.69, 9.17) is 0 Å².